The second kappa shape index (κ2) is 8.77. The van der Waals surface area contributed by atoms with E-state index in [-0.39, 0.29) is 29.3 Å². The Morgan fingerprint density at radius 1 is 1.10 bits per heavy atom. The van der Waals surface area contributed by atoms with E-state index in [4.69, 9.17) is 16.3 Å². The zero-order valence-electron chi connectivity index (χ0n) is 15.9. The molecule has 0 saturated heterocycles. The van der Waals surface area contributed by atoms with E-state index in [2.05, 4.69) is 9.82 Å². The Morgan fingerprint density at radius 2 is 1.83 bits per heavy atom. The summed E-state index contributed by atoms with van der Waals surface area (Å²) < 4.78 is 34.2. The van der Waals surface area contributed by atoms with Crippen molar-refractivity contribution in [2.75, 3.05) is 13.7 Å². The molecule has 0 radical (unpaired) electrons. The van der Waals surface area contributed by atoms with E-state index < -0.39 is 10.0 Å². The Balaban J connectivity index is 1.76. The fraction of sp³-hybridized carbons (Fsp3) is 0.200. The first-order chi connectivity index (χ1) is 13.8. The van der Waals surface area contributed by atoms with Gasteiger partial charge in [0.2, 0.25) is 10.0 Å². The van der Waals surface area contributed by atoms with Crippen LogP contribution in [0.25, 0.3) is 11.3 Å². The molecule has 1 heterocycles. The van der Waals surface area contributed by atoms with Gasteiger partial charge in [-0.25, -0.2) is 17.8 Å². The van der Waals surface area contributed by atoms with Crippen molar-refractivity contribution in [1.82, 2.24) is 14.5 Å². The first-order valence-corrected chi connectivity index (χ1v) is 10.6. The van der Waals surface area contributed by atoms with Gasteiger partial charge in [-0.3, -0.25) is 4.79 Å². The third-order valence-corrected chi connectivity index (χ3v) is 5.97. The van der Waals surface area contributed by atoms with Gasteiger partial charge in [0.15, 0.2) is 0 Å². The van der Waals surface area contributed by atoms with E-state index in [9.17, 15) is 13.2 Å². The van der Waals surface area contributed by atoms with Gasteiger partial charge in [0.05, 0.1) is 19.3 Å². The fourth-order valence-electron chi connectivity index (χ4n) is 2.74. The number of nitrogens with zero attached hydrogens (tertiary/aromatic N) is 2. The van der Waals surface area contributed by atoms with Crippen molar-refractivity contribution in [3.63, 3.8) is 0 Å². The van der Waals surface area contributed by atoms with Gasteiger partial charge in [0.1, 0.15) is 10.6 Å². The lowest BCUT2D eigenvalue weighted by Crippen LogP contribution is -2.32. The maximum absolute atomic E-state index is 12.6. The molecule has 7 nitrogen and oxygen atoms in total. The Hall–Kier alpha value is -2.68. The summed E-state index contributed by atoms with van der Waals surface area (Å²) in [4.78, 5) is 12.2. The number of aromatic nitrogens is 2. The third kappa shape index (κ3) is 5.03. The molecule has 152 valence electrons. The van der Waals surface area contributed by atoms with Crippen LogP contribution >= 0.6 is 11.6 Å². The molecule has 0 amide bonds. The van der Waals surface area contributed by atoms with Crippen molar-refractivity contribution in [1.29, 1.82) is 0 Å². The second-order valence-corrected chi connectivity index (χ2v) is 8.51. The van der Waals surface area contributed by atoms with Crippen LogP contribution in [0.4, 0.5) is 0 Å². The molecule has 3 rings (SSSR count). The summed E-state index contributed by atoms with van der Waals surface area (Å²) in [5.41, 5.74) is 1.85. The molecule has 0 saturated carbocycles. The molecule has 2 aromatic carbocycles. The first kappa shape index (κ1) is 21.0. The number of halogens is 1. The van der Waals surface area contributed by atoms with E-state index in [1.54, 1.807) is 49.4 Å². The van der Waals surface area contributed by atoms with Crippen LogP contribution in [-0.2, 0) is 16.6 Å². The summed E-state index contributed by atoms with van der Waals surface area (Å²) in [6, 6.07) is 15.0. The average Bonchev–Trinajstić information content (AvgIpc) is 2.70. The summed E-state index contributed by atoms with van der Waals surface area (Å²) in [5, 5.41) is 4.91. The molecule has 0 fully saturated rings. The van der Waals surface area contributed by atoms with Crippen molar-refractivity contribution in [3.05, 3.63) is 75.5 Å². The number of methoxy groups -OCH3 is 1. The van der Waals surface area contributed by atoms with Gasteiger partial charge in [-0.05, 0) is 42.8 Å². The van der Waals surface area contributed by atoms with E-state index in [0.29, 0.717) is 10.7 Å². The zero-order valence-corrected chi connectivity index (χ0v) is 17.5. The molecule has 0 aliphatic rings. The molecule has 0 aliphatic heterocycles. The summed E-state index contributed by atoms with van der Waals surface area (Å²) in [6.07, 6.45) is 0. The number of benzene rings is 2. The summed E-state index contributed by atoms with van der Waals surface area (Å²) in [7, 11) is -2.40. The van der Waals surface area contributed by atoms with Crippen LogP contribution in [0.3, 0.4) is 0 Å². The van der Waals surface area contributed by atoms with Crippen molar-refractivity contribution in [2.24, 2.45) is 0 Å². The van der Waals surface area contributed by atoms with Crippen molar-refractivity contribution in [2.45, 2.75) is 18.4 Å². The van der Waals surface area contributed by atoms with Crippen molar-refractivity contribution >= 4 is 21.6 Å². The fourth-order valence-corrected chi connectivity index (χ4v) is 4.14. The highest BCUT2D eigenvalue weighted by Crippen LogP contribution is 2.24. The number of nitrogens with one attached hydrogen (secondary N) is 1. The monoisotopic (exact) mass is 433 g/mol. The number of ether oxygens (including phenoxy) is 1. The Morgan fingerprint density at radius 3 is 2.52 bits per heavy atom. The van der Waals surface area contributed by atoms with Gasteiger partial charge < -0.3 is 4.74 Å². The number of hydrogen-bond acceptors (Lipinski definition) is 5. The lowest BCUT2D eigenvalue weighted by molar-refractivity contribution is 0.402. The van der Waals surface area contributed by atoms with Gasteiger partial charge in [-0.15, -0.1) is 0 Å². The molecular weight excluding hydrogens is 414 g/mol. The number of aryl methyl sites for hydroxylation is 1. The predicted octanol–water partition coefficient (Wildman–Crippen LogP) is 2.86. The highest BCUT2D eigenvalue weighted by molar-refractivity contribution is 7.89. The number of rotatable bonds is 7. The maximum Gasteiger partial charge on any atom is 0.266 e. The third-order valence-electron chi connectivity index (χ3n) is 4.23. The van der Waals surface area contributed by atoms with Gasteiger partial charge in [0, 0.05) is 23.2 Å². The standard InChI is InChI=1S/C20H20ClN3O4S/c1-14-3-9-18(28-2)19(13-14)29(26,27)22-11-12-24-20(25)10-8-17(23-24)15-4-6-16(21)7-5-15/h3-10,13,22H,11-12H2,1-2H3. The minimum Gasteiger partial charge on any atom is -0.495 e. The zero-order chi connectivity index (χ0) is 21.0. The lowest BCUT2D eigenvalue weighted by Gasteiger charge is -2.12. The van der Waals surface area contributed by atoms with Gasteiger partial charge in [-0.1, -0.05) is 29.8 Å². The van der Waals surface area contributed by atoms with Crippen LogP contribution in [0.1, 0.15) is 5.56 Å². The minimum absolute atomic E-state index is 0.00356. The summed E-state index contributed by atoms with van der Waals surface area (Å²) >= 11 is 5.90. The van der Waals surface area contributed by atoms with Crippen LogP contribution in [0.5, 0.6) is 5.75 Å². The molecule has 9 heteroatoms. The predicted molar refractivity (Wildman–Crippen MR) is 112 cm³/mol. The molecule has 29 heavy (non-hydrogen) atoms. The normalized spacial score (nSPS) is 11.4. The second-order valence-electron chi connectivity index (χ2n) is 6.34. The van der Waals surface area contributed by atoms with E-state index in [0.717, 1.165) is 11.1 Å². The highest BCUT2D eigenvalue weighted by atomic mass is 35.5. The molecular formula is C20H20ClN3O4S. The highest BCUT2D eigenvalue weighted by Gasteiger charge is 2.19. The lowest BCUT2D eigenvalue weighted by atomic mass is 10.1. The molecule has 0 unspecified atom stereocenters. The Kier molecular flexibility index (Phi) is 6.36. The number of hydrogen-bond donors (Lipinski definition) is 1. The number of sulfonamides is 1. The van der Waals surface area contributed by atoms with E-state index in [1.807, 2.05) is 0 Å². The first-order valence-electron chi connectivity index (χ1n) is 8.78. The molecule has 0 aliphatic carbocycles. The molecule has 3 aromatic rings. The molecule has 1 aromatic heterocycles. The smallest absolute Gasteiger partial charge is 0.266 e. The van der Waals surface area contributed by atoms with E-state index >= 15 is 0 Å². The Bertz CT molecular complexity index is 1180. The molecule has 0 spiro atoms. The van der Waals surface area contributed by atoms with Crippen LogP contribution in [0.15, 0.2) is 64.3 Å². The quantitative estimate of drug-likeness (QED) is 0.618. The van der Waals surface area contributed by atoms with Crippen LogP contribution < -0.4 is 15.0 Å². The molecule has 0 atom stereocenters. The summed E-state index contributed by atoms with van der Waals surface area (Å²) in [5.74, 6) is 0.253. The largest absolute Gasteiger partial charge is 0.495 e. The van der Waals surface area contributed by atoms with Gasteiger partial charge in [0.25, 0.3) is 5.56 Å². The average molecular weight is 434 g/mol. The molecule has 0 bridgehead atoms. The summed E-state index contributed by atoms with van der Waals surface area (Å²) in [6.45, 7) is 1.87. The Labute approximate surface area is 174 Å². The van der Waals surface area contributed by atoms with Gasteiger partial charge >= 0.3 is 0 Å². The minimum atomic E-state index is -3.81. The van der Waals surface area contributed by atoms with E-state index in [1.165, 1.54) is 23.9 Å². The maximum atomic E-state index is 12.6. The van der Waals surface area contributed by atoms with Crippen LogP contribution in [-0.4, -0.2) is 31.9 Å². The topological polar surface area (TPSA) is 90.3 Å². The van der Waals surface area contributed by atoms with Crippen molar-refractivity contribution < 1.29 is 13.2 Å². The van der Waals surface area contributed by atoms with Crippen LogP contribution in [0, 0.1) is 6.92 Å². The van der Waals surface area contributed by atoms with Crippen molar-refractivity contribution in [3.8, 4) is 17.0 Å². The van der Waals surface area contributed by atoms with Crippen LogP contribution in [0.2, 0.25) is 5.02 Å². The molecule has 1 N–H and O–H groups in total. The van der Waals surface area contributed by atoms with Gasteiger partial charge in [-0.2, -0.15) is 5.10 Å². The SMILES string of the molecule is COc1ccc(C)cc1S(=O)(=O)NCCn1nc(-c2ccc(Cl)cc2)ccc1=O.